The van der Waals surface area contributed by atoms with Crippen LogP contribution in [0.4, 0.5) is 4.39 Å². The summed E-state index contributed by atoms with van der Waals surface area (Å²) in [6.07, 6.45) is 3.83. The number of pyridine rings is 1. The van der Waals surface area contributed by atoms with Gasteiger partial charge in [0.15, 0.2) is 0 Å². The fraction of sp³-hybridized carbons (Fsp3) is 0.318. The number of piperidine rings is 1. The van der Waals surface area contributed by atoms with Gasteiger partial charge in [-0.1, -0.05) is 43.3 Å². The van der Waals surface area contributed by atoms with Gasteiger partial charge in [0.1, 0.15) is 17.1 Å². The van der Waals surface area contributed by atoms with E-state index in [4.69, 9.17) is 0 Å². The monoisotopic (exact) mass is 350 g/mol. The zero-order chi connectivity index (χ0) is 18.1. The van der Waals surface area contributed by atoms with Crippen molar-refractivity contribution in [2.24, 2.45) is 5.92 Å². The van der Waals surface area contributed by atoms with Gasteiger partial charge in [0.05, 0.1) is 6.04 Å². The highest BCUT2D eigenvalue weighted by molar-refractivity contribution is 5.85. The topological polar surface area (TPSA) is 36.4 Å². The molecule has 0 amide bonds. The van der Waals surface area contributed by atoms with E-state index in [1.807, 2.05) is 36.4 Å². The van der Waals surface area contributed by atoms with Gasteiger partial charge in [0.2, 0.25) is 0 Å². The van der Waals surface area contributed by atoms with Crippen molar-refractivity contribution in [3.63, 3.8) is 0 Å². The van der Waals surface area contributed by atoms with E-state index in [1.165, 1.54) is 6.07 Å². The summed E-state index contributed by atoms with van der Waals surface area (Å²) in [7, 11) is 0. The molecule has 134 valence electrons. The van der Waals surface area contributed by atoms with Crippen LogP contribution in [0.3, 0.4) is 0 Å². The molecule has 26 heavy (non-hydrogen) atoms. The largest absolute Gasteiger partial charge is 0.505 e. The first kappa shape index (κ1) is 17.0. The van der Waals surface area contributed by atoms with Crippen molar-refractivity contribution < 1.29 is 9.50 Å². The number of phenols is 1. The second-order valence-electron chi connectivity index (χ2n) is 7.22. The maximum absolute atomic E-state index is 14.7. The van der Waals surface area contributed by atoms with Crippen LogP contribution in [0, 0.1) is 11.7 Å². The first-order valence-electron chi connectivity index (χ1n) is 9.20. The first-order chi connectivity index (χ1) is 12.6. The number of halogens is 1. The number of benzene rings is 2. The van der Waals surface area contributed by atoms with Crippen LogP contribution in [0.1, 0.15) is 36.9 Å². The maximum Gasteiger partial charge on any atom is 0.146 e. The quantitative estimate of drug-likeness (QED) is 0.730. The van der Waals surface area contributed by atoms with Crippen molar-refractivity contribution in [3.8, 4) is 5.75 Å². The molecule has 1 saturated heterocycles. The molecule has 1 aliphatic heterocycles. The number of nitrogens with zero attached hydrogens (tertiary/aromatic N) is 2. The Morgan fingerprint density at radius 3 is 2.58 bits per heavy atom. The predicted octanol–water partition coefficient (Wildman–Crippen LogP) is 4.90. The van der Waals surface area contributed by atoms with Crippen molar-refractivity contribution in [1.29, 1.82) is 0 Å². The van der Waals surface area contributed by atoms with Gasteiger partial charge in [-0.15, -0.1) is 0 Å². The van der Waals surface area contributed by atoms with Crippen molar-refractivity contribution in [2.75, 3.05) is 13.1 Å². The van der Waals surface area contributed by atoms with Gasteiger partial charge in [-0.2, -0.15) is 0 Å². The van der Waals surface area contributed by atoms with Crippen molar-refractivity contribution in [2.45, 2.75) is 25.8 Å². The average Bonchev–Trinajstić information content (AvgIpc) is 2.67. The van der Waals surface area contributed by atoms with Crippen molar-refractivity contribution >= 4 is 10.9 Å². The van der Waals surface area contributed by atoms with Crippen molar-refractivity contribution in [1.82, 2.24) is 9.88 Å². The molecule has 4 rings (SSSR count). The molecule has 1 aliphatic rings. The third-order valence-corrected chi connectivity index (χ3v) is 5.46. The molecule has 0 spiro atoms. The molecule has 0 bridgehead atoms. The molecule has 3 nitrogen and oxygen atoms in total. The molecule has 1 fully saturated rings. The molecule has 1 aromatic heterocycles. The second kappa shape index (κ2) is 7.04. The van der Waals surface area contributed by atoms with E-state index >= 15 is 0 Å². The smallest absolute Gasteiger partial charge is 0.146 e. The van der Waals surface area contributed by atoms with E-state index in [0.29, 0.717) is 17.0 Å². The SMILES string of the molecule is CC1CCN(C(c2ccccc2F)c2ccc3cccnc3c2O)CC1. The molecule has 1 N–H and O–H groups in total. The van der Waals surface area contributed by atoms with Gasteiger partial charge in [0, 0.05) is 22.7 Å². The summed E-state index contributed by atoms with van der Waals surface area (Å²) in [5.41, 5.74) is 1.89. The van der Waals surface area contributed by atoms with E-state index in [9.17, 15) is 9.50 Å². The van der Waals surface area contributed by atoms with Crippen LogP contribution in [-0.4, -0.2) is 28.1 Å². The number of rotatable bonds is 3. The van der Waals surface area contributed by atoms with Crippen LogP contribution < -0.4 is 0 Å². The minimum absolute atomic E-state index is 0.148. The third-order valence-electron chi connectivity index (χ3n) is 5.46. The van der Waals surface area contributed by atoms with Gasteiger partial charge in [-0.05, 0) is 44.0 Å². The summed E-state index contributed by atoms with van der Waals surface area (Å²) in [4.78, 5) is 6.61. The Hall–Kier alpha value is -2.46. The Balaban J connectivity index is 1.86. The third kappa shape index (κ3) is 3.06. The lowest BCUT2D eigenvalue weighted by atomic mass is 9.91. The molecule has 2 aromatic carbocycles. The minimum atomic E-state index is -0.310. The summed E-state index contributed by atoms with van der Waals surface area (Å²) >= 11 is 0. The number of hydrogen-bond donors (Lipinski definition) is 1. The molecular weight excluding hydrogens is 327 g/mol. The second-order valence-corrected chi connectivity index (χ2v) is 7.22. The van der Waals surface area contributed by atoms with E-state index < -0.39 is 0 Å². The zero-order valence-electron chi connectivity index (χ0n) is 14.9. The highest BCUT2D eigenvalue weighted by Crippen LogP contribution is 2.40. The summed E-state index contributed by atoms with van der Waals surface area (Å²) in [5.74, 6) is 0.589. The Kier molecular flexibility index (Phi) is 4.60. The molecule has 1 atom stereocenters. The summed E-state index contributed by atoms with van der Waals surface area (Å²) in [5, 5.41) is 11.8. The highest BCUT2D eigenvalue weighted by Gasteiger charge is 2.30. The molecule has 0 aliphatic carbocycles. The van der Waals surface area contributed by atoms with Gasteiger partial charge in [0.25, 0.3) is 0 Å². The first-order valence-corrected chi connectivity index (χ1v) is 9.20. The van der Waals surface area contributed by atoms with Crippen molar-refractivity contribution in [3.05, 3.63) is 71.7 Å². The van der Waals surface area contributed by atoms with E-state index in [2.05, 4.69) is 16.8 Å². The van der Waals surface area contributed by atoms with E-state index in [-0.39, 0.29) is 17.6 Å². The van der Waals surface area contributed by atoms with Crippen LogP contribution in [0.2, 0.25) is 0 Å². The van der Waals surface area contributed by atoms with Gasteiger partial charge >= 0.3 is 0 Å². The number of aromatic nitrogens is 1. The molecule has 1 unspecified atom stereocenters. The standard InChI is InChI=1S/C22H23FN2O/c1-15-10-13-25(14-11-15)21(17-6-2-3-7-19(17)23)18-9-8-16-5-4-12-24-20(16)22(18)26/h2-9,12,15,21,26H,10-11,13-14H2,1H3. The molecular formula is C22H23FN2O. The van der Waals surface area contributed by atoms with Gasteiger partial charge in [-0.25, -0.2) is 4.39 Å². The fourth-order valence-electron chi connectivity index (χ4n) is 3.91. The maximum atomic E-state index is 14.7. The lowest BCUT2D eigenvalue weighted by molar-refractivity contribution is 0.154. The molecule has 2 heterocycles. The molecule has 3 aromatic rings. The lowest BCUT2D eigenvalue weighted by Gasteiger charge is -2.37. The Morgan fingerprint density at radius 1 is 1.04 bits per heavy atom. The van der Waals surface area contributed by atoms with Gasteiger partial charge in [-0.3, -0.25) is 9.88 Å². The zero-order valence-corrected chi connectivity index (χ0v) is 14.9. The Bertz CT molecular complexity index is 919. The molecule has 0 radical (unpaired) electrons. The number of fused-ring (bicyclic) bond motifs is 1. The van der Waals surface area contributed by atoms with Crippen LogP contribution >= 0.6 is 0 Å². The van der Waals surface area contributed by atoms with Crippen LogP contribution in [0.5, 0.6) is 5.75 Å². The number of hydrogen-bond acceptors (Lipinski definition) is 3. The summed E-state index contributed by atoms with van der Waals surface area (Å²) in [6, 6.07) is 14.2. The fourth-order valence-corrected chi connectivity index (χ4v) is 3.91. The Labute approximate surface area is 153 Å². The van der Waals surface area contributed by atoms with E-state index in [0.717, 1.165) is 36.9 Å². The number of phenolic OH excluding ortho intramolecular Hbond substituents is 1. The summed E-state index contributed by atoms with van der Waals surface area (Å²) in [6.45, 7) is 4.03. The predicted molar refractivity (Wildman–Crippen MR) is 102 cm³/mol. The molecule has 0 saturated carbocycles. The van der Waals surface area contributed by atoms with Crippen LogP contribution in [0.25, 0.3) is 10.9 Å². The summed E-state index contributed by atoms with van der Waals surface area (Å²) < 4.78 is 14.7. The van der Waals surface area contributed by atoms with Crippen LogP contribution in [0.15, 0.2) is 54.7 Å². The molecule has 4 heteroatoms. The average molecular weight is 350 g/mol. The minimum Gasteiger partial charge on any atom is -0.505 e. The number of likely N-dealkylation sites (tertiary alicyclic amines) is 1. The van der Waals surface area contributed by atoms with E-state index in [1.54, 1.807) is 12.3 Å². The normalized spacial score (nSPS) is 17.5. The van der Waals surface area contributed by atoms with Gasteiger partial charge < -0.3 is 5.11 Å². The van der Waals surface area contributed by atoms with Crippen LogP contribution in [-0.2, 0) is 0 Å². The highest BCUT2D eigenvalue weighted by atomic mass is 19.1. The number of aromatic hydroxyl groups is 1. The lowest BCUT2D eigenvalue weighted by Crippen LogP contribution is -2.37. The Morgan fingerprint density at radius 2 is 1.81 bits per heavy atom.